The Morgan fingerprint density at radius 3 is 2.54 bits per heavy atom. The molecule has 2 atom stereocenters. The molecule has 2 saturated heterocycles. The van der Waals surface area contributed by atoms with Crippen LogP contribution in [0.1, 0.15) is 28.7 Å². The molecule has 2 aliphatic rings. The van der Waals surface area contributed by atoms with Crippen LogP contribution in [0.4, 0.5) is 0 Å². The first-order valence-electron chi connectivity index (χ1n) is 8.49. The minimum absolute atomic E-state index is 0.0140. The molecule has 130 valence electrons. The molecule has 2 fully saturated rings. The minimum atomic E-state index is -0.828. The van der Waals surface area contributed by atoms with E-state index in [1.54, 1.807) is 4.90 Å². The van der Waals surface area contributed by atoms with Gasteiger partial charge in [-0.1, -0.05) is 17.7 Å². The number of aliphatic carboxylic acids is 1. The van der Waals surface area contributed by atoms with Gasteiger partial charge in [-0.3, -0.25) is 9.59 Å². The summed E-state index contributed by atoms with van der Waals surface area (Å²) >= 11 is 0. The van der Waals surface area contributed by atoms with E-state index >= 15 is 0 Å². The highest BCUT2D eigenvalue weighted by molar-refractivity contribution is 5.83. The van der Waals surface area contributed by atoms with Crippen LogP contribution in [-0.2, 0) is 20.7 Å². The van der Waals surface area contributed by atoms with E-state index in [9.17, 15) is 14.7 Å². The van der Waals surface area contributed by atoms with Crippen LogP contribution in [0.2, 0.25) is 0 Å². The van der Waals surface area contributed by atoms with Crippen molar-refractivity contribution in [3.63, 3.8) is 0 Å². The normalized spacial score (nSPS) is 26.3. The number of hydrogen-bond acceptors (Lipinski definition) is 3. The second kappa shape index (κ2) is 6.20. The molecule has 0 radical (unpaired) electrons. The summed E-state index contributed by atoms with van der Waals surface area (Å²) in [6, 6.07) is 4.18. The summed E-state index contributed by atoms with van der Waals surface area (Å²) in [6.07, 6.45) is 0.820. The molecule has 2 aliphatic heterocycles. The Bertz CT molecular complexity index is 661. The van der Waals surface area contributed by atoms with Gasteiger partial charge in [-0.15, -0.1) is 0 Å². The van der Waals surface area contributed by atoms with Gasteiger partial charge in [0.25, 0.3) is 0 Å². The van der Waals surface area contributed by atoms with Crippen LogP contribution in [0.25, 0.3) is 0 Å². The van der Waals surface area contributed by atoms with Crippen LogP contribution < -0.4 is 0 Å². The summed E-state index contributed by atoms with van der Waals surface area (Å²) in [6.45, 7) is 7.78. The van der Waals surface area contributed by atoms with Crippen molar-refractivity contribution in [2.45, 2.75) is 33.6 Å². The van der Waals surface area contributed by atoms with Gasteiger partial charge in [0, 0.05) is 25.6 Å². The number of fused-ring (bicyclic) bond motifs is 1. The first-order valence-corrected chi connectivity index (χ1v) is 8.49. The lowest BCUT2D eigenvalue weighted by molar-refractivity contribution is -0.157. The third kappa shape index (κ3) is 2.81. The highest BCUT2D eigenvalue weighted by atomic mass is 16.5. The Morgan fingerprint density at radius 1 is 1.29 bits per heavy atom. The zero-order chi connectivity index (χ0) is 17.5. The molecule has 24 heavy (non-hydrogen) atoms. The van der Waals surface area contributed by atoms with Crippen molar-refractivity contribution in [1.29, 1.82) is 0 Å². The molecule has 0 saturated carbocycles. The van der Waals surface area contributed by atoms with E-state index < -0.39 is 11.4 Å². The van der Waals surface area contributed by atoms with Crippen LogP contribution in [0, 0.1) is 32.1 Å². The van der Waals surface area contributed by atoms with Gasteiger partial charge in [-0.25, -0.2) is 0 Å². The SMILES string of the molecule is Cc1cc(C)c(CC(=O)N2C[C@H]3COCC[C@@]3(C(=O)O)C2)c(C)c1. The van der Waals surface area contributed by atoms with Crippen molar-refractivity contribution in [1.82, 2.24) is 4.90 Å². The molecule has 5 nitrogen and oxygen atoms in total. The van der Waals surface area contributed by atoms with Crippen molar-refractivity contribution in [3.05, 3.63) is 34.4 Å². The van der Waals surface area contributed by atoms with E-state index in [2.05, 4.69) is 12.1 Å². The molecule has 1 aromatic rings. The van der Waals surface area contributed by atoms with E-state index in [1.165, 1.54) is 5.56 Å². The van der Waals surface area contributed by atoms with Crippen molar-refractivity contribution in [2.24, 2.45) is 11.3 Å². The number of benzene rings is 1. The smallest absolute Gasteiger partial charge is 0.311 e. The standard InChI is InChI=1S/C19H25NO4/c1-12-6-13(2)16(14(3)7-12)8-17(21)20-9-15-10-24-5-4-19(15,11-20)18(22)23/h6-7,15H,4-5,8-11H2,1-3H3,(H,22,23)/t15-,19+/m0/s1. The number of hydrogen-bond donors (Lipinski definition) is 1. The van der Waals surface area contributed by atoms with E-state index in [-0.39, 0.29) is 11.8 Å². The Morgan fingerprint density at radius 2 is 1.96 bits per heavy atom. The molecule has 0 aromatic heterocycles. The van der Waals surface area contributed by atoms with Crippen molar-refractivity contribution in [3.8, 4) is 0 Å². The average Bonchev–Trinajstić information content (AvgIpc) is 2.91. The third-order valence-electron chi connectivity index (χ3n) is 5.65. The number of aryl methyl sites for hydroxylation is 3. The molecular weight excluding hydrogens is 306 g/mol. The first kappa shape index (κ1) is 17.0. The van der Waals surface area contributed by atoms with Gasteiger partial charge in [0.2, 0.25) is 5.91 Å². The summed E-state index contributed by atoms with van der Waals surface area (Å²) in [5.41, 5.74) is 3.66. The van der Waals surface area contributed by atoms with Crippen LogP contribution in [0.15, 0.2) is 12.1 Å². The maximum atomic E-state index is 12.8. The summed E-state index contributed by atoms with van der Waals surface area (Å²) in [4.78, 5) is 26.4. The fourth-order valence-corrected chi connectivity index (χ4v) is 4.24. The predicted octanol–water partition coefficient (Wildman–Crippen LogP) is 2.10. The van der Waals surface area contributed by atoms with E-state index in [0.29, 0.717) is 39.1 Å². The number of nitrogens with zero attached hydrogens (tertiary/aromatic N) is 1. The number of carbonyl (C=O) groups excluding carboxylic acids is 1. The quantitative estimate of drug-likeness (QED) is 0.921. The maximum Gasteiger partial charge on any atom is 0.311 e. The monoisotopic (exact) mass is 331 g/mol. The number of ether oxygens (including phenoxy) is 1. The lowest BCUT2D eigenvalue weighted by Gasteiger charge is -2.33. The number of carbonyl (C=O) groups is 2. The molecule has 0 spiro atoms. The predicted molar refractivity (Wildman–Crippen MR) is 89.9 cm³/mol. The van der Waals surface area contributed by atoms with Crippen molar-refractivity contribution in [2.75, 3.05) is 26.3 Å². The summed E-state index contributed by atoms with van der Waals surface area (Å²) < 4.78 is 5.46. The van der Waals surface area contributed by atoms with Gasteiger partial charge in [-0.2, -0.15) is 0 Å². The molecule has 0 bridgehead atoms. The molecule has 0 unspecified atom stereocenters. The number of carboxylic acids is 1. The second-order valence-corrected chi connectivity index (χ2v) is 7.31. The van der Waals surface area contributed by atoms with Crippen molar-refractivity contribution < 1.29 is 19.4 Å². The summed E-state index contributed by atoms with van der Waals surface area (Å²) in [7, 11) is 0. The fraction of sp³-hybridized carbons (Fsp3) is 0.579. The molecule has 3 rings (SSSR count). The van der Waals surface area contributed by atoms with Crippen molar-refractivity contribution >= 4 is 11.9 Å². The summed E-state index contributed by atoms with van der Waals surface area (Å²) in [5.74, 6) is -0.887. The van der Waals surface area contributed by atoms with Crippen LogP contribution in [-0.4, -0.2) is 48.2 Å². The van der Waals surface area contributed by atoms with Gasteiger partial charge in [-0.05, 0) is 43.9 Å². The molecule has 2 heterocycles. The van der Waals surface area contributed by atoms with Gasteiger partial charge >= 0.3 is 5.97 Å². The Hall–Kier alpha value is -1.88. The largest absolute Gasteiger partial charge is 0.481 e. The van der Waals surface area contributed by atoms with Crippen LogP contribution >= 0.6 is 0 Å². The number of likely N-dealkylation sites (tertiary alicyclic amines) is 1. The molecule has 1 aromatic carbocycles. The number of rotatable bonds is 3. The molecule has 1 amide bonds. The van der Waals surface area contributed by atoms with Gasteiger partial charge < -0.3 is 14.7 Å². The topological polar surface area (TPSA) is 66.8 Å². The second-order valence-electron chi connectivity index (χ2n) is 7.31. The summed E-state index contributed by atoms with van der Waals surface area (Å²) in [5, 5.41) is 9.71. The van der Waals surface area contributed by atoms with Crippen LogP contribution in [0.5, 0.6) is 0 Å². The van der Waals surface area contributed by atoms with Gasteiger partial charge in [0.15, 0.2) is 0 Å². The van der Waals surface area contributed by atoms with Gasteiger partial charge in [0.05, 0.1) is 18.4 Å². The zero-order valence-electron chi connectivity index (χ0n) is 14.6. The number of amides is 1. The highest BCUT2D eigenvalue weighted by Crippen LogP contribution is 2.42. The molecule has 1 N–H and O–H groups in total. The molecular formula is C19H25NO4. The van der Waals surface area contributed by atoms with Crippen LogP contribution in [0.3, 0.4) is 0 Å². The zero-order valence-corrected chi connectivity index (χ0v) is 14.6. The maximum absolute atomic E-state index is 12.8. The Balaban J connectivity index is 1.79. The average molecular weight is 331 g/mol. The van der Waals surface area contributed by atoms with E-state index in [4.69, 9.17) is 4.74 Å². The van der Waals surface area contributed by atoms with E-state index in [1.807, 2.05) is 20.8 Å². The molecule has 0 aliphatic carbocycles. The third-order valence-corrected chi connectivity index (χ3v) is 5.65. The van der Waals surface area contributed by atoms with E-state index in [0.717, 1.165) is 16.7 Å². The Kier molecular flexibility index (Phi) is 4.38. The fourth-order valence-electron chi connectivity index (χ4n) is 4.24. The minimum Gasteiger partial charge on any atom is -0.481 e. The molecule has 5 heteroatoms. The van der Waals surface area contributed by atoms with Gasteiger partial charge in [0.1, 0.15) is 0 Å². The Labute approximate surface area is 142 Å². The number of carboxylic acid groups (broad SMARTS) is 1. The lowest BCUT2D eigenvalue weighted by Crippen LogP contribution is -2.45. The first-order chi connectivity index (χ1) is 11.3. The highest BCUT2D eigenvalue weighted by Gasteiger charge is 2.54. The lowest BCUT2D eigenvalue weighted by atomic mass is 9.74.